The zero-order chi connectivity index (χ0) is 9.84. The van der Waals surface area contributed by atoms with Crippen LogP contribution in [0.5, 0.6) is 0 Å². The highest BCUT2D eigenvalue weighted by Gasteiger charge is 2.18. The van der Waals surface area contributed by atoms with E-state index in [0.29, 0.717) is 5.56 Å². The maximum Gasteiger partial charge on any atom is 0.108 e. The molecular weight excluding hydrogens is 236 g/mol. The van der Waals surface area contributed by atoms with Gasteiger partial charge >= 0.3 is 0 Å². The minimum absolute atomic E-state index is 0.456. The number of hydrogen-bond donors (Lipinski definition) is 3. The summed E-state index contributed by atoms with van der Waals surface area (Å²) in [5, 5.41) is 27.3. The van der Waals surface area contributed by atoms with Gasteiger partial charge in [0.2, 0.25) is 0 Å². The SMILES string of the molecule is OCC(O)C(O)c1ccccc1Br. The van der Waals surface area contributed by atoms with Crippen LogP contribution in [0.25, 0.3) is 0 Å². The monoisotopic (exact) mass is 246 g/mol. The molecule has 0 heterocycles. The van der Waals surface area contributed by atoms with E-state index in [1.807, 2.05) is 6.07 Å². The van der Waals surface area contributed by atoms with E-state index in [2.05, 4.69) is 15.9 Å². The molecule has 3 nitrogen and oxygen atoms in total. The summed E-state index contributed by atoms with van der Waals surface area (Å²) in [6, 6.07) is 7.02. The van der Waals surface area contributed by atoms with E-state index >= 15 is 0 Å². The normalized spacial score (nSPS) is 15.4. The third-order valence-corrected chi connectivity index (χ3v) is 2.50. The van der Waals surface area contributed by atoms with Crippen LogP contribution in [0.15, 0.2) is 28.7 Å². The number of benzene rings is 1. The number of rotatable bonds is 3. The highest BCUT2D eigenvalue weighted by molar-refractivity contribution is 9.10. The van der Waals surface area contributed by atoms with Gasteiger partial charge in [-0.25, -0.2) is 0 Å². The lowest BCUT2D eigenvalue weighted by atomic mass is 10.1. The van der Waals surface area contributed by atoms with Gasteiger partial charge < -0.3 is 15.3 Å². The molecule has 3 N–H and O–H groups in total. The van der Waals surface area contributed by atoms with Crippen LogP contribution in [0, 0.1) is 0 Å². The van der Waals surface area contributed by atoms with Crippen LogP contribution < -0.4 is 0 Å². The van der Waals surface area contributed by atoms with Gasteiger partial charge in [-0.15, -0.1) is 0 Å². The molecule has 0 aliphatic carbocycles. The average molecular weight is 247 g/mol. The van der Waals surface area contributed by atoms with E-state index in [4.69, 9.17) is 5.11 Å². The lowest BCUT2D eigenvalue weighted by molar-refractivity contribution is -0.0155. The van der Waals surface area contributed by atoms with E-state index in [0.717, 1.165) is 4.47 Å². The molecule has 0 fully saturated rings. The first-order valence-electron chi connectivity index (χ1n) is 3.88. The van der Waals surface area contributed by atoms with Crippen molar-refractivity contribution in [1.29, 1.82) is 0 Å². The van der Waals surface area contributed by atoms with Crippen molar-refractivity contribution < 1.29 is 15.3 Å². The Balaban J connectivity index is 2.88. The predicted molar refractivity (Wildman–Crippen MR) is 52.2 cm³/mol. The van der Waals surface area contributed by atoms with Crippen molar-refractivity contribution in [2.45, 2.75) is 12.2 Å². The molecule has 1 rings (SSSR count). The van der Waals surface area contributed by atoms with Gasteiger partial charge in [-0.1, -0.05) is 34.1 Å². The van der Waals surface area contributed by atoms with Crippen LogP contribution in [0.1, 0.15) is 11.7 Å². The van der Waals surface area contributed by atoms with Crippen molar-refractivity contribution in [1.82, 2.24) is 0 Å². The summed E-state index contributed by atoms with van der Waals surface area (Å²) in [6.07, 6.45) is -2.20. The molecule has 2 unspecified atom stereocenters. The summed E-state index contributed by atoms with van der Waals surface area (Å²) >= 11 is 3.24. The minimum Gasteiger partial charge on any atom is -0.394 e. The fourth-order valence-corrected chi connectivity index (χ4v) is 1.54. The molecule has 72 valence electrons. The molecule has 1 aromatic rings. The van der Waals surface area contributed by atoms with Crippen LogP contribution in [0.3, 0.4) is 0 Å². The zero-order valence-electron chi connectivity index (χ0n) is 6.89. The Morgan fingerprint density at radius 2 is 1.85 bits per heavy atom. The predicted octanol–water partition coefficient (Wildman–Crippen LogP) is 0.836. The van der Waals surface area contributed by atoms with Crippen LogP contribution in [0.4, 0.5) is 0 Å². The fraction of sp³-hybridized carbons (Fsp3) is 0.333. The van der Waals surface area contributed by atoms with Crippen molar-refractivity contribution in [3.05, 3.63) is 34.3 Å². The van der Waals surface area contributed by atoms with Crippen LogP contribution in [-0.4, -0.2) is 28.0 Å². The summed E-state index contributed by atoms with van der Waals surface area (Å²) in [4.78, 5) is 0. The van der Waals surface area contributed by atoms with Gasteiger partial charge in [0.1, 0.15) is 12.2 Å². The molecule has 0 aliphatic rings. The average Bonchev–Trinajstić information content (AvgIpc) is 2.16. The Kier molecular flexibility index (Phi) is 3.87. The van der Waals surface area contributed by atoms with Crippen LogP contribution in [-0.2, 0) is 0 Å². The first kappa shape index (κ1) is 10.7. The Morgan fingerprint density at radius 3 is 2.38 bits per heavy atom. The second kappa shape index (κ2) is 4.72. The van der Waals surface area contributed by atoms with Crippen molar-refractivity contribution in [2.24, 2.45) is 0 Å². The minimum atomic E-state index is -1.14. The van der Waals surface area contributed by atoms with Gasteiger partial charge in [-0.3, -0.25) is 0 Å². The third-order valence-electron chi connectivity index (χ3n) is 1.78. The third kappa shape index (κ3) is 2.51. The second-order valence-corrected chi connectivity index (χ2v) is 3.57. The molecule has 4 heteroatoms. The Morgan fingerprint density at radius 1 is 1.23 bits per heavy atom. The quantitative estimate of drug-likeness (QED) is 0.741. The Bertz CT molecular complexity index is 277. The van der Waals surface area contributed by atoms with Crippen LogP contribution >= 0.6 is 15.9 Å². The molecule has 0 radical (unpaired) electrons. The highest BCUT2D eigenvalue weighted by atomic mass is 79.9. The molecule has 0 amide bonds. The van der Waals surface area contributed by atoms with Crippen molar-refractivity contribution in [3.8, 4) is 0 Å². The molecule has 13 heavy (non-hydrogen) atoms. The zero-order valence-corrected chi connectivity index (χ0v) is 8.48. The van der Waals surface area contributed by atoms with E-state index in [-0.39, 0.29) is 0 Å². The van der Waals surface area contributed by atoms with Gasteiger partial charge in [0.05, 0.1) is 6.61 Å². The summed E-state index contributed by atoms with van der Waals surface area (Å²) < 4.78 is 0.718. The molecule has 0 aliphatic heterocycles. The molecule has 0 saturated carbocycles. The highest BCUT2D eigenvalue weighted by Crippen LogP contribution is 2.24. The Hall–Kier alpha value is -0.420. The number of aliphatic hydroxyl groups is 3. The summed E-state index contributed by atoms with van der Waals surface area (Å²) in [5.41, 5.74) is 0.573. The maximum absolute atomic E-state index is 9.53. The standard InChI is InChI=1S/C9H11BrO3/c10-7-4-2-1-3-6(7)9(13)8(12)5-11/h1-4,8-9,11-13H,5H2. The van der Waals surface area contributed by atoms with E-state index < -0.39 is 18.8 Å². The molecule has 2 atom stereocenters. The molecular formula is C9H11BrO3. The van der Waals surface area contributed by atoms with Crippen LogP contribution in [0.2, 0.25) is 0 Å². The topological polar surface area (TPSA) is 60.7 Å². The van der Waals surface area contributed by atoms with Crippen molar-refractivity contribution in [2.75, 3.05) is 6.61 Å². The smallest absolute Gasteiger partial charge is 0.108 e. The van der Waals surface area contributed by atoms with E-state index in [1.54, 1.807) is 18.2 Å². The summed E-state index contributed by atoms with van der Waals surface area (Å²) in [6.45, 7) is -0.456. The largest absolute Gasteiger partial charge is 0.394 e. The summed E-state index contributed by atoms with van der Waals surface area (Å²) in [5.74, 6) is 0. The molecule has 0 bridgehead atoms. The van der Waals surface area contributed by atoms with Crippen molar-refractivity contribution in [3.63, 3.8) is 0 Å². The number of hydrogen-bond acceptors (Lipinski definition) is 3. The van der Waals surface area contributed by atoms with Gasteiger partial charge in [-0.2, -0.15) is 0 Å². The summed E-state index contributed by atoms with van der Waals surface area (Å²) in [7, 11) is 0. The van der Waals surface area contributed by atoms with Crippen molar-refractivity contribution >= 4 is 15.9 Å². The van der Waals surface area contributed by atoms with E-state index in [9.17, 15) is 10.2 Å². The van der Waals surface area contributed by atoms with Gasteiger partial charge in [0.15, 0.2) is 0 Å². The van der Waals surface area contributed by atoms with Gasteiger partial charge in [0.25, 0.3) is 0 Å². The number of halogens is 1. The Labute approximate surface area is 84.8 Å². The maximum atomic E-state index is 9.53. The lowest BCUT2D eigenvalue weighted by Crippen LogP contribution is -2.22. The second-order valence-electron chi connectivity index (χ2n) is 2.72. The molecule has 1 aromatic carbocycles. The van der Waals surface area contributed by atoms with Gasteiger partial charge in [0, 0.05) is 4.47 Å². The van der Waals surface area contributed by atoms with E-state index in [1.165, 1.54) is 0 Å². The molecule has 0 spiro atoms. The molecule has 0 aromatic heterocycles. The fourth-order valence-electron chi connectivity index (χ4n) is 1.02. The lowest BCUT2D eigenvalue weighted by Gasteiger charge is -2.16. The first-order chi connectivity index (χ1) is 6.16. The van der Waals surface area contributed by atoms with Gasteiger partial charge in [-0.05, 0) is 11.6 Å². The molecule has 0 saturated heterocycles. The first-order valence-corrected chi connectivity index (χ1v) is 4.67. The number of aliphatic hydroxyl groups excluding tert-OH is 3.